The minimum atomic E-state index is 0.796. The van der Waals surface area contributed by atoms with Crippen LogP contribution < -0.4 is 0 Å². The fourth-order valence-electron chi connectivity index (χ4n) is 3.28. The van der Waals surface area contributed by atoms with Crippen molar-refractivity contribution in [1.82, 2.24) is 9.80 Å². The standard InChI is InChI=1S/C20H44N2/c1-7-13-21(17-19(3)4)15-11-9-10-12-16-22(14-8-2)18-20(5)6/h19-20H,7-18H2,1-6H3. The molecule has 0 spiro atoms. The molecule has 0 aromatic carbocycles. The van der Waals surface area contributed by atoms with Gasteiger partial charge in [-0.3, -0.25) is 0 Å². The van der Waals surface area contributed by atoms with Gasteiger partial charge in [-0.05, 0) is 63.7 Å². The molecule has 134 valence electrons. The van der Waals surface area contributed by atoms with Gasteiger partial charge in [-0.2, -0.15) is 0 Å². The van der Waals surface area contributed by atoms with Crippen molar-refractivity contribution < 1.29 is 0 Å². The lowest BCUT2D eigenvalue weighted by Gasteiger charge is -2.24. The van der Waals surface area contributed by atoms with Gasteiger partial charge < -0.3 is 9.80 Å². The first-order valence-electron chi connectivity index (χ1n) is 9.94. The summed E-state index contributed by atoms with van der Waals surface area (Å²) in [6, 6.07) is 0. The number of unbranched alkanes of at least 4 members (excludes halogenated alkanes) is 3. The molecule has 0 N–H and O–H groups in total. The molecular formula is C20H44N2. The zero-order valence-electron chi connectivity index (χ0n) is 16.5. The van der Waals surface area contributed by atoms with Gasteiger partial charge in [0.1, 0.15) is 0 Å². The van der Waals surface area contributed by atoms with Crippen molar-refractivity contribution in [3.63, 3.8) is 0 Å². The van der Waals surface area contributed by atoms with Gasteiger partial charge in [0, 0.05) is 13.1 Å². The van der Waals surface area contributed by atoms with Crippen LogP contribution in [0.2, 0.25) is 0 Å². The monoisotopic (exact) mass is 312 g/mol. The van der Waals surface area contributed by atoms with E-state index in [-0.39, 0.29) is 0 Å². The van der Waals surface area contributed by atoms with E-state index >= 15 is 0 Å². The number of nitrogens with zero attached hydrogens (tertiary/aromatic N) is 2. The fourth-order valence-corrected chi connectivity index (χ4v) is 3.28. The van der Waals surface area contributed by atoms with Crippen molar-refractivity contribution in [2.45, 2.75) is 80.1 Å². The van der Waals surface area contributed by atoms with E-state index in [1.165, 1.54) is 77.8 Å². The van der Waals surface area contributed by atoms with Gasteiger partial charge in [0.05, 0.1) is 0 Å². The third-order valence-electron chi connectivity index (χ3n) is 4.03. The van der Waals surface area contributed by atoms with E-state index in [4.69, 9.17) is 0 Å². The Balaban J connectivity index is 3.72. The molecule has 0 fully saturated rings. The van der Waals surface area contributed by atoms with E-state index in [0.717, 1.165) is 11.8 Å². The molecule has 0 atom stereocenters. The molecular weight excluding hydrogens is 268 g/mol. The van der Waals surface area contributed by atoms with Crippen molar-refractivity contribution >= 4 is 0 Å². The molecule has 0 bridgehead atoms. The second-order valence-electron chi connectivity index (χ2n) is 7.80. The molecule has 0 rings (SSSR count). The molecule has 0 saturated heterocycles. The molecule has 0 aromatic rings. The zero-order chi connectivity index (χ0) is 16.8. The van der Waals surface area contributed by atoms with Crippen LogP contribution in [0.15, 0.2) is 0 Å². The summed E-state index contributed by atoms with van der Waals surface area (Å²) in [5.74, 6) is 1.59. The Morgan fingerprint density at radius 2 is 0.909 bits per heavy atom. The van der Waals surface area contributed by atoms with Gasteiger partial charge in [-0.1, -0.05) is 54.4 Å². The first-order valence-corrected chi connectivity index (χ1v) is 9.94. The summed E-state index contributed by atoms with van der Waals surface area (Å²) >= 11 is 0. The zero-order valence-corrected chi connectivity index (χ0v) is 16.5. The van der Waals surface area contributed by atoms with Crippen molar-refractivity contribution in [2.24, 2.45) is 11.8 Å². The van der Waals surface area contributed by atoms with Crippen LogP contribution in [0.4, 0.5) is 0 Å². The van der Waals surface area contributed by atoms with E-state index in [1.54, 1.807) is 0 Å². The van der Waals surface area contributed by atoms with Gasteiger partial charge >= 0.3 is 0 Å². The maximum atomic E-state index is 2.66. The highest BCUT2D eigenvalue weighted by Gasteiger charge is 2.07. The Morgan fingerprint density at radius 3 is 1.18 bits per heavy atom. The minimum absolute atomic E-state index is 0.796. The summed E-state index contributed by atoms with van der Waals surface area (Å²) in [6.07, 6.45) is 8.14. The highest BCUT2D eigenvalue weighted by atomic mass is 15.1. The van der Waals surface area contributed by atoms with Crippen LogP contribution in [0, 0.1) is 11.8 Å². The van der Waals surface area contributed by atoms with E-state index in [2.05, 4.69) is 51.3 Å². The SMILES string of the molecule is CCCN(CCCCCCN(CCC)CC(C)C)CC(C)C. The average Bonchev–Trinajstić information content (AvgIpc) is 2.41. The molecule has 0 saturated carbocycles. The summed E-state index contributed by atoms with van der Waals surface area (Å²) in [4.78, 5) is 5.32. The van der Waals surface area contributed by atoms with Gasteiger partial charge in [-0.25, -0.2) is 0 Å². The average molecular weight is 313 g/mol. The largest absolute Gasteiger partial charge is 0.303 e. The van der Waals surface area contributed by atoms with E-state index in [0.29, 0.717) is 0 Å². The number of hydrogen-bond acceptors (Lipinski definition) is 2. The molecule has 0 heterocycles. The van der Waals surface area contributed by atoms with Crippen molar-refractivity contribution in [3.05, 3.63) is 0 Å². The lowest BCUT2D eigenvalue weighted by atomic mass is 10.1. The second kappa shape index (κ2) is 14.5. The van der Waals surface area contributed by atoms with Crippen LogP contribution in [-0.2, 0) is 0 Å². The van der Waals surface area contributed by atoms with E-state index in [9.17, 15) is 0 Å². The van der Waals surface area contributed by atoms with Crippen LogP contribution in [0.25, 0.3) is 0 Å². The summed E-state index contributed by atoms with van der Waals surface area (Å²) < 4.78 is 0. The molecule has 0 radical (unpaired) electrons. The third-order valence-corrected chi connectivity index (χ3v) is 4.03. The van der Waals surface area contributed by atoms with Crippen LogP contribution >= 0.6 is 0 Å². The molecule has 2 nitrogen and oxygen atoms in total. The molecule has 0 aromatic heterocycles. The maximum absolute atomic E-state index is 2.66. The predicted molar refractivity (Wildman–Crippen MR) is 102 cm³/mol. The Morgan fingerprint density at radius 1 is 0.545 bits per heavy atom. The Hall–Kier alpha value is -0.0800. The van der Waals surface area contributed by atoms with Crippen LogP contribution in [0.3, 0.4) is 0 Å². The third kappa shape index (κ3) is 13.6. The number of rotatable bonds is 15. The normalized spacial score (nSPS) is 12.3. The van der Waals surface area contributed by atoms with Gasteiger partial charge in [-0.15, -0.1) is 0 Å². The lowest BCUT2D eigenvalue weighted by Crippen LogP contribution is -2.30. The van der Waals surface area contributed by atoms with Crippen LogP contribution in [0.1, 0.15) is 80.1 Å². The quantitative estimate of drug-likeness (QED) is 0.379. The first-order chi connectivity index (χ1) is 10.5. The summed E-state index contributed by atoms with van der Waals surface area (Å²) in [6.45, 7) is 21.6. The second-order valence-corrected chi connectivity index (χ2v) is 7.80. The van der Waals surface area contributed by atoms with Gasteiger partial charge in [0.25, 0.3) is 0 Å². The molecule has 0 aliphatic rings. The highest BCUT2D eigenvalue weighted by molar-refractivity contribution is 4.62. The smallest absolute Gasteiger partial charge is 0.000438 e. The van der Waals surface area contributed by atoms with Gasteiger partial charge in [0.2, 0.25) is 0 Å². The maximum Gasteiger partial charge on any atom is 0.000438 e. The summed E-state index contributed by atoms with van der Waals surface area (Å²) in [7, 11) is 0. The molecule has 0 unspecified atom stereocenters. The lowest BCUT2D eigenvalue weighted by molar-refractivity contribution is 0.230. The minimum Gasteiger partial charge on any atom is -0.303 e. The van der Waals surface area contributed by atoms with Gasteiger partial charge in [0.15, 0.2) is 0 Å². The van der Waals surface area contributed by atoms with Crippen LogP contribution in [-0.4, -0.2) is 49.1 Å². The molecule has 0 aliphatic heterocycles. The first kappa shape index (κ1) is 21.9. The Kier molecular flexibility index (Phi) is 14.5. The topological polar surface area (TPSA) is 6.48 Å². The van der Waals surface area contributed by atoms with E-state index < -0.39 is 0 Å². The fraction of sp³-hybridized carbons (Fsp3) is 1.00. The Bertz CT molecular complexity index is 202. The molecule has 0 amide bonds. The van der Waals surface area contributed by atoms with Crippen molar-refractivity contribution in [3.8, 4) is 0 Å². The highest BCUT2D eigenvalue weighted by Crippen LogP contribution is 2.08. The Labute approximate surface area is 141 Å². The van der Waals surface area contributed by atoms with Crippen LogP contribution in [0.5, 0.6) is 0 Å². The molecule has 0 aliphatic carbocycles. The predicted octanol–water partition coefficient (Wildman–Crippen LogP) is 5.28. The van der Waals surface area contributed by atoms with Crippen molar-refractivity contribution in [2.75, 3.05) is 39.3 Å². The summed E-state index contributed by atoms with van der Waals surface area (Å²) in [5, 5.41) is 0. The van der Waals surface area contributed by atoms with Crippen molar-refractivity contribution in [1.29, 1.82) is 0 Å². The molecule has 2 heteroatoms. The number of hydrogen-bond donors (Lipinski definition) is 0. The molecule has 22 heavy (non-hydrogen) atoms. The van der Waals surface area contributed by atoms with E-state index in [1.807, 2.05) is 0 Å². The summed E-state index contributed by atoms with van der Waals surface area (Å²) in [5.41, 5.74) is 0.